The van der Waals surface area contributed by atoms with Gasteiger partial charge in [0.25, 0.3) is 0 Å². The number of guanidine groups is 1. The monoisotopic (exact) mass is 504 g/mol. The second-order valence-corrected chi connectivity index (χ2v) is 7.73. The zero-order valence-electron chi connectivity index (χ0n) is 17.4. The number of amides is 1. The Morgan fingerprint density at radius 2 is 2.04 bits per heavy atom. The maximum absolute atomic E-state index is 11.9. The maximum Gasteiger partial charge on any atom is 0.407 e. The number of aliphatic imine (C=N–C) groups is 1. The van der Waals surface area contributed by atoms with Crippen LogP contribution in [0.15, 0.2) is 29.3 Å². The third-order valence-corrected chi connectivity index (χ3v) is 4.17. The Kier molecular flexibility index (Phi) is 10.0. The van der Waals surface area contributed by atoms with Crippen LogP contribution in [0.1, 0.15) is 38.3 Å². The lowest BCUT2D eigenvalue weighted by atomic mass is 10.1. The van der Waals surface area contributed by atoms with Gasteiger partial charge in [-0.05, 0) is 38.3 Å². The number of rotatable bonds is 5. The summed E-state index contributed by atoms with van der Waals surface area (Å²) >= 11 is 0. The van der Waals surface area contributed by atoms with Crippen LogP contribution in [0.2, 0.25) is 0 Å². The summed E-state index contributed by atoms with van der Waals surface area (Å²) < 4.78 is 10.5. The first-order valence-corrected chi connectivity index (χ1v) is 9.32. The number of hydrogen-bond acceptors (Lipinski definition) is 4. The Bertz CT molecular complexity index is 661. The van der Waals surface area contributed by atoms with Gasteiger partial charge < -0.3 is 25.0 Å². The predicted molar refractivity (Wildman–Crippen MR) is 122 cm³/mol. The SMILES string of the molecule is CN=C(NCc1cccc(COC)c1)N1CCC(NC(=O)OC(C)(C)C)C1.I. The minimum absolute atomic E-state index is 0. The summed E-state index contributed by atoms with van der Waals surface area (Å²) in [6.07, 6.45) is 0.496. The van der Waals surface area contributed by atoms with Crippen LogP contribution in [0.5, 0.6) is 0 Å². The van der Waals surface area contributed by atoms with Crippen LogP contribution in [0, 0.1) is 0 Å². The Morgan fingerprint density at radius 3 is 2.68 bits per heavy atom. The first kappa shape index (κ1) is 24.5. The highest BCUT2D eigenvalue weighted by atomic mass is 127. The van der Waals surface area contributed by atoms with Crippen molar-refractivity contribution in [3.05, 3.63) is 35.4 Å². The fourth-order valence-corrected chi connectivity index (χ4v) is 3.05. The number of nitrogens with one attached hydrogen (secondary N) is 2. The molecule has 1 unspecified atom stereocenters. The van der Waals surface area contributed by atoms with Crippen LogP contribution in [-0.2, 0) is 22.6 Å². The largest absolute Gasteiger partial charge is 0.444 e. The highest BCUT2D eigenvalue weighted by Crippen LogP contribution is 2.12. The molecule has 1 aliphatic heterocycles. The summed E-state index contributed by atoms with van der Waals surface area (Å²) in [5.41, 5.74) is 1.83. The molecule has 2 rings (SSSR count). The molecular weight excluding hydrogens is 471 g/mol. The zero-order valence-corrected chi connectivity index (χ0v) is 19.8. The van der Waals surface area contributed by atoms with Crippen molar-refractivity contribution < 1.29 is 14.3 Å². The van der Waals surface area contributed by atoms with Crippen molar-refractivity contribution in [3.8, 4) is 0 Å². The van der Waals surface area contributed by atoms with Crippen LogP contribution in [0.25, 0.3) is 0 Å². The van der Waals surface area contributed by atoms with Crippen molar-refractivity contribution in [3.63, 3.8) is 0 Å². The Morgan fingerprint density at radius 1 is 1.32 bits per heavy atom. The molecule has 0 aromatic heterocycles. The summed E-state index contributed by atoms with van der Waals surface area (Å²) in [5, 5.41) is 6.34. The number of halogens is 1. The second-order valence-electron chi connectivity index (χ2n) is 7.73. The van der Waals surface area contributed by atoms with Gasteiger partial charge in [0.05, 0.1) is 12.6 Å². The first-order chi connectivity index (χ1) is 12.8. The first-order valence-electron chi connectivity index (χ1n) is 9.32. The Balaban J connectivity index is 0.00000392. The molecule has 1 fully saturated rings. The van der Waals surface area contributed by atoms with E-state index in [1.165, 1.54) is 5.56 Å². The number of carbonyl (C=O) groups excluding carboxylic acids is 1. The third kappa shape index (κ3) is 8.22. The van der Waals surface area contributed by atoms with E-state index in [1.54, 1.807) is 14.2 Å². The van der Waals surface area contributed by atoms with Gasteiger partial charge in [0, 0.05) is 33.8 Å². The van der Waals surface area contributed by atoms with Gasteiger partial charge >= 0.3 is 6.09 Å². The average molecular weight is 504 g/mol. The van der Waals surface area contributed by atoms with E-state index in [9.17, 15) is 4.79 Å². The van der Waals surface area contributed by atoms with E-state index >= 15 is 0 Å². The highest BCUT2D eigenvalue weighted by molar-refractivity contribution is 14.0. The van der Waals surface area contributed by atoms with E-state index in [4.69, 9.17) is 9.47 Å². The van der Waals surface area contributed by atoms with Crippen LogP contribution < -0.4 is 10.6 Å². The predicted octanol–water partition coefficient (Wildman–Crippen LogP) is 3.13. The molecule has 1 amide bonds. The van der Waals surface area contributed by atoms with Crippen LogP contribution in [-0.4, -0.2) is 55.8 Å². The van der Waals surface area contributed by atoms with E-state index in [0.29, 0.717) is 19.7 Å². The second kappa shape index (κ2) is 11.5. The summed E-state index contributed by atoms with van der Waals surface area (Å²) in [5.74, 6) is 0.834. The number of alkyl carbamates (subject to hydrolysis) is 1. The third-order valence-electron chi connectivity index (χ3n) is 4.17. The molecule has 158 valence electrons. The lowest BCUT2D eigenvalue weighted by molar-refractivity contribution is 0.0507. The number of hydrogen-bond donors (Lipinski definition) is 2. The van der Waals surface area contributed by atoms with Crippen molar-refractivity contribution in [2.24, 2.45) is 4.99 Å². The molecule has 1 aromatic carbocycles. The lowest BCUT2D eigenvalue weighted by Crippen LogP contribution is -2.44. The van der Waals surface area contributed by atoms with E-state index in [1.807, 2.05) is 26.8 Å². The molecule has 0 aliphatic carbocycles. The zero-order chi connectivity index (χ0) is 19.9. The molecule has 0 bridgehead atoms. The van der Waals surface area contributed by atoms with E-state index in [0.717, 1.165) is 24.5 Å². The minimum atomic E-state index is -0.489. The summed E-state index contributed by atoms with van der Waals surface area (Å²) in [6, 6.07) is 8.35. The fraction of sp³-hybridized carbons (Fsp3) is 0.600. The number of benzene rings is 1. The van der Waals surface area contributed by atoms with Gasteiger partial charge in [0.1, 0.15) is 5.60 Å². The lowest BCUT2D eigenvalue weighted by Gasteiger charge is -2.23. The summed E-state index contributed by atoms with van der Waals surface area (Å²) in [6.45, 7) is 8.42. The van der Waals surface area contributed by atoms with Crippen LogP contribution in [0.4, 0.5) is 4.79 Å². The Hall–Kier alpha value is -1.55. The standard InChI is InChI=1S/C20H32N4O3.HI/c1-20(2,3)27-19(25)23-17-9-10-24(13-17)18(21-4)22-12-15-7-6-8-16(11-15)14-26-5;/h6-8,11,17H,9-10,12-14H2,1-5H3,(H,21,22)(H,23,25);1H. The number of likely N-dealkylation sites (tertiary alicyclic amines) is 1. The molecule has 1 atom stereocenters. The molecule has 1 heterocycles. The molecule has 0 radical (unpaired) electrons. The number of carbonyl (C=O) groups is 1. The molecule has 1 saturated heterocycles. The van der Waals surface area contributed by atoms with E-state index < -0.39 is 5.60 Å². The molecule has 2 N–H and O–H groups in total. The Labute approximate surface area is 185 Å². The molecule has 1 aromatic rings. The average Bonchev–Trinajstić information content (AvgIpc) is 3.02. The van der Waals surface area contributed by atoms with Crippen molar-refractivity contribution in [1.82, 2.24) is 15.5 Å². The van der Waals surface area contributed by atoms with Gasteiger partial charge in [-0.1, -0.05) is 24.3 Å². The van der Waals surface area contributed by atoms with Gasteiger partial charge in [-0.2, -0.15) is 0 Å². The van der Waals surface area contributed by atoms with Gasteiger partial charge in [-0.25, -0.2) is 4.79 Å². The van der Waals surface area contributed by atoms with Gasteiger partial charge in [-0.3, -0.25) is 4.99 Å². The normalized spacial score (nSPS) is 17.1. The van der Waals surface area contributed by atoms with E-state index in [2.05, 4.69) is 38.7 Å². The number of methoxy groups -OCH3 is 1. The smallest absolute Gasteiger partial charge is 0.407 e. The number of ether oxygens (including phenoxy) is 2. The van der Waals surface area contributed by atoms with Gasteiger partial charge in [-0.15, -0.1) is 24.0 Å². The molecular formula is C20H33IN4O3. The van der Waals surface area contributed by atoms with E-state index in [-0.39, 0.29) is 36.1 Å². The molecule has 28 heavy (non-hydrogen) atoms. The van der Waals surface area contributed by atoms with Gasteiger partial charge in [0.15, 0.2) is 5.96 Å². The molecule has 8 heteroatoms. The number of nitrogens with zero attached hydrogens (tertiary/aromatic N) is 2. The summed E-state index contributed by atoms with van der Waals surface area (Å²) in [4.78, 5) is 18.5. The van der Waals surface area contributed by atoms with Crippen molar-refractivity contribution in [1.29, 1.82) is 0 Å². The van der Waals surface area contributed by atoms with Crippen molar-refractivity contribution in [2.75, 3.05) is 27.2 Å². The van der Waals surface area contributed by atoms with Crippen molar-refractivity contribution in [2.45, 2.75) is 52.0 Å². The highest BCUT2D eigenvalue weighted by Gasteiger charge is 2.27. The molecule has 0 saturated carbocycles. The topological polar surface area (TPSA) is 75.2 Å². The molecule has 1 aliphatic rings. The minimum Gasteiger partial charge on any atom is -0.444 e. The maximum atomic E-state index is 11.9. The van der Waals surface area contributed by atoms with Crippen LogP contribution in [0.3, 0.4) is 0 Å². The van der Waals surface area contributed by atoms with Crippen LogP contribution >= 0.6 is 24.0 Å². The summed E-state index contributed by atoms with van der Waals surface area (Å²) in [7, 11) is 3.47. The molecule has 0 spiro atoms. The van der Waals surface area contributed by atoms with Gasteiger partial charge in [0.2, 0.25) is 0 Å². The molecule has 7 nitrogen and oxygen atoms in total. The van der Waals surface area contributed by atoms with Crippen molar-refractivity contribution >= 4 is 36.0 Å². The quantitative estimate of drug-likeness (QED) is 0.366. The fourth-order valence-electron chi connectivity index (χ4n) is 3.05.